The Bertz CT molecular complexity index is 1280. The maximum atomic E-state index is 12.8. The number of carboxylic acids is 1. The standard InChI is InChI=1S/C23H17F3N2O4/c1-13-20(32-22(27-13)14-6-8-15(9-7-14)23(24,25)26)12-31-19-10-16(11-21(29)30)28-18-5-3-2-4-17(18)19/h2-10H,11-12H2,1H3,(H,29,30). The van der Waals surface area contributed by atoms with E-state index in [-0.39, 0.29) is 18.9 Å². The van der Waals surface area contributed by atoms with E-state index in [1.165, 1.54) is 12.1 Å². The van der Waals surface area contributed by atoms with Crippen LogP contribution in [-0.2, 0) is 24.0 Å². The number of carbonyl (C=O) groups is 1. The number of para-hydroxylation sites is 1. The SMILES string of the molecule is Cc1nc(-c2ccc(C(F)(F)F)cc2)oc1COc1cc(CC(=O)O)nc2ccccc12. The zero-order valence-corrected chi connectivity index (χ0v) is 16.8. The molecule has 0 saturated carbocycles. The van der Waals surface area contributed by atoms with Gasteiger partial charge in [-0.05, 0) is 43.3 Å². The Kier molecular flexibility index (Phi) is 5.56. The molecular formula is C23H17F3N2O4. The van der Waals surface area contributed by atoms with E-state index in [9.17, 15) is 18.0 Å². The normalized spacial score (nSPS) is 11.6. The summed E-state index contributed by atoms with van der Waals surface area (Å²) in [6.07, 6.45) is -4.67. The fourth-order valence-corrected chi connectivity index (χ4v) is 3.19. The number of halogens is 3. The highest BCUT2D eigenvalue weighted by Crippen LogP contribution is 2.32. The Morgan fingerprint density at radius 1 is 1.09 bits per heavy atom. The lowest BCUT2D eigenvalue weighted by Crippen LogP contribution is -2.04. The molecule has 9 heteroatoms. The Labute approximate surface area is 180 Å². The molecule has 0 fully saturated rings. The van der Waals surface area contributed by atoms with Crippen LogP contribution in [0, 0.1) is 6.92 Å². The smallest absolute Gasteiger partial charge is 0.416 e. The number of hydrogen-bond acceptors (Lipinski definition) is 5. The summed E-state index contributed by atoms with van der Waals surface area (Å²) in [5.74, 6) is 0.0197. The van der Waals surface area contributed by atoms with Gasteiger partial charge in [0.1, 0.15) is 12.4 Å². The molecule has 6 nitrogen and oxygen atoms in total. The first-order valence-electron chi connectivity index (χ1n) is 9.58. The molecule has 0 amide bonds. The van der Waals surface area contributed by atoms with Crippen molar-refractivity contribution in [3.05, 3.63) is 77.3 Å². The summed E-state index contributed by atoms with van der Waals surface area (Å²) in [4.78, 5) is 19.7. The third kappa shape index (κ3) is 4.56. The van der Waals surface area contributed by atoms with Gasteiger partial charge in [-0.1, -0.05) is 12.1 Å². The number of alkyl halides is 3. The highest BCUT2D eigenvalue weighted by molar-refractivity contribution is 5.85. The van der Waals surface area contributed by atoms with Crippen LogP contribution >= 0.6 is 0 Å². The summed E-state index contributed by atoms with van der Waals surface area (Å²) in [6, 6.07) is 13.3. The molecule has 0 aliphatic heterocycles. The van der Waals surface area contributed by atoms with Crippen molar-refractivity contribution >= 4 is 16.9 Å². The highest BCUT2D eigenvalue weighted by Gasteiger charge is 2.30. The zero-order chi connectivity index (χ0) is 22.9. The summed E-state index contributed by atoms with van der Waals surface area (Å²) in [5, 5.41) is 9.79. The van der Waals surface area contributed by atoms with Crippen LogP contribution in [0.15, 0.2) is 59.0 Å². The molecule has 2 aromatic heterocycles. The minimum Gasteiger partial charge on any atom is -0.485 e. The molecule has 0 aliphatic carbocycles. The first-order chi connectivity index (χ1) is 15.2. The van der Waals surface area contributed by atoms with Gasteiger partial charge in [-0.2, -0.15) is 13.2 Å². The number of aliphatic carboxylic acids is 1. The van der Waals surface area contributed by atoms with Crippen molar-refractivity contribution in [1.82, 2.24) is 9.97 Å². The number of ether oxygens (including phenoxy) is 1. The van der Waals surface area contributed by atoms with Crippen LogP contribution in [0.25, 0.3) is 22.4 Å². The van der Waals surface area contributed by atoms with Gasteiger partial charge in [0.2, 0.25) is 5.89 Å². The van der Waals surface area contributed by atoms with Gasteiger partial charge in [0.15, 0.2) is 5.76 Å². The lowest BCUT2D eigenvalue weighted by Gasteiger charge is -2.10. The average molecular weight is 442 g/mol. The number of aromatic nitrogens is 2. The van der Waals surface area contributed by atoms with E-state index in [4.69, 9.17) is 14.3 Å². The van der Waals surface area contributed by atoms with Crippen molar-refractivity contribution in [2.75, 3.05) is 0 Å². The maximum Gasteiger partial charge on any atom is 0.416 e. The number of pyridine rings is 1. The van der Waals surface area contributed by atoms with Gasteiger partial charge < -0.3 is 14.3 Å². The van der Waals surface area contributed by atoms with Crippen LogP contribution in [0.2, 0.25) is 0 Å². The van der Waals surface area contributed by atoms with Crippen LogP contribution in [0.4, 0.5) is 13.2 Å². The third-order valence-corrected chi connectivity index (χ3v) is 4.77. The predicted octanol–water partition coefficient (Wildman–Crippen LogP) is 5.42. The molecular weight excluding hydrogens is 425 g/mol. The molecule has 32 heavy (non-hydrogen) atoms. The second-order valence-corrected chi connectivity index (χ2v) is 7.09. The van der Waals surface area contributed by atoms with Crippen LogP contribution in [0.5, 0.6) is 5.75 Å². The molecule has 0 saturated heterocycles. The first-order valence-corrected chi connectivity index (χ1v) is 9.58. The summed E-state index contributed by atoms with van der Waals surface area (Å²) >= 11 is 0. The van der Waals surface area contributed by atoms with Crippen LogP contribution < -0.4 is 4.74 Å². The molecule has 2 aromatic carbocycles. The molecule has 0 spiro atoms. The lowest BCUT2D eigenvalue weighted by atomic mass is 10.1. The van der Waals surface area contributed by atoms with E-state index in [0.717, 1.165) is 12.1 Å². The van der Waals surface area contributed by atoms with Crippen LogP contribution in [0.3, 0.4) is 0 Å². The largest absolute Gasteiger partial charge is 0.485 e. The number of aryl methyl sites for hydroxylation is 1. The van der Waals surface area contributed by atoms with E-state index in [1.807, 2.05) is 12.1 Å². The summed E-state index contributed by atoms with van der Waals surface area (Å²) in [6.45, 7) is 1.70. The zero-order valence-electron chi connectivity index (χ0n) is 16.8. The van der Waals surface area contributed by atoms with Crippen LogP contribution in [0.1, 0.15) is 22.7 Å². The highest BCUT2D eigenvalue weighted by atomic mass is 19.4. The molecule has 1 N–H and O–H groups in total. The van der Waals surface area contributed by atoms with Gasteiger partial charge in [0.05, 0.1) is 28.9 Å². The van der Waals surface area contributed by atoms with Crippen molar-refractivity contribution in [3.8, 4) is 17.2 Å². The maximum absolute atomic E-state index is 12.8. The second-order valence-electron chi connectivity index (χ2n) is 7.09. The van der Waals surface area contributed by atoms with Crippen molar-refractivity contribution in [1.29, 1.82) is 0 Å². The number of rotatable bonds is 6. The van der Waals surface area contributed by atoms with E-state index in [1.54, 1.807) is 25.1 Å². The molecule has 4 aromatic rings. The quantitative estimate of drug-likeness (QED) is 0.429. The first kappa shape index (κ1) is 21.4. The third-order valence-electron chi connectivity index (χ3n) is 4.77. The minimum atomic E-state index is -4.42. The topological polar surface area (TPSA) is 85.5 Å². The van der Waals surface area contributed by atoms with Gasteiger partial charge in [-0.3, -0.25) is 9.78 Å². The number of benzene rings is 2. The second kappa shape index (κ2) is 8.33. The fourth-order valence-electron chi connectivity index (χ4n) is 3.19. The van der Waals surface area contributed by atoms with E-state index in [2.05, 4.69) is 9.97 Å². The Balaban J connectivity index is 1.58. The van der Waals surface area contributed by atoms with Gasteiger partial charge in [-0.15, -0.1) is 0 Å². The van der Waals surface area contributed by atoms with Gasteiger partial charge in [0.25, 0.3) is 0 Å². The monoisotopic (exact) mass is 442 g/mol. The Morgan fingerprint density at radius 3 is 2.50 bits per heavy atom. The molecule has 0 bridgehead atoms. The molecule has 0 unspecified atom stereocenters. The predicted molar refractivity (Wildman–Crippen MR) is 109 cm³/mol. The van der Waals surface area contributed by atoms with E-state index in [0.29, 0.717) is 39.4 Å². The van der Waals surface area contributed by atoms with Crippen LogP contribution in [-0.4, -0.2) is 21.0 Å². The molecule has 0 radical (unpaired) electrons. The molecule has 0 aliphatic rings. The molecule has 0 atom stereocenters. The lowest BCUT2D eigenvalue weighted by molar-refractivity contribution is -0.138. The Morgan fingerprint density at radius 2 is 1.81 bits per heavy atom. The fraction of sp³-hybridized carbons (Fsp3) is 0.174. The summed E-state index contributed by atoms with van der Waals surface area (Å²) < 4.78 is 49.9. The molecule has 4 rings (SSSR count). The van der Waals surface area contributed by atoms with Gasteiger partial charge in [0, 0.05) is 17.0 Å². The number of carboxylic acid groups (broad SMARTS) is 1. The number of fused-ring (bicyclic) bond motifs is 1. The van der Waals surface area contributed by atoms with Crippen molar-refractivity contribution < 1.29 is 32.2 Å². The van der Waals surface area contributed by atoms with Crippen molar-refractivity contribution in [3.63, 3.8) is 0 Å². The minimum absolute atomic E-state index is 0.0000128. The number of hydrogen-bond donors (Lipinski definition) is 1. The van der Waals surface area contributed by atoms with Crippen molar-refractivity contribution in [2.45, 2.75) is 26.1 Å². The molecule has 164 valence electrons. The number of oxazole rings is 1. The van der Waals surface area contributed by atoms with E-state index >= 15 is 0 Å². The average Bonchev–Trinajstić information content (AvgIpc) is 3.11. The van der Waals surface area contributed by atoms with E-state index < -0.39 is 17.7 Å². The number of nitrogens with zero attached hydrogens (tertiary/aromatic N) is 2. The Hall–Kier alpha value is -3.88. The van der Waals surface area contributed by atoms with Gasteiger partial charge >= 0.3 is 12.1 Å². The van der Waals surface area contributed by atoms with Gasteiger partial charge in [-0.25, -0.2) is 4.98 Å². The summed E-state index contributed by atoms with van der Waals surface area (Å²) in [7, 11) is 0. The summed E-state index contributed by atoms with van der Waals surface area (Å²) in [5.41, 5.74) is 1.14. The van der Waals surface area contributed by atoms with Crippen molar-refractivity contribution in [2.24, 2.45) is 0 Å². The molecule has 2 heterocycles.